The fourth-order valence-electron chi connectivity index (χ4n) is 2.67. The second-order valence-corrected chi connectivity index (χ2v) is 6.84. The third kappa shape index (κ3) is 2.85. The van der Waals surface area contributed by atoms with E-state index in [1.807, 2.05) is 36.6 Å². The number of anilines is 1. The summed E-state index contributed by atoms with van der Waals surface area (Å²) in [6, 6.07) is 7.50. The van der Waals surface area contributed by atoms with E-state index >= 15 is 0 Å². The summed E-state index contributed by atoms with van der Waals surface area (Å²) in [7, 11) is 1.62. The number of fused-ring (bicyclic) bond motifs is 1. The molecule has 1 aliphatic carbocycles. The highest BCUT2D eigenvalue weighted by atomic mass is 32.1. The van der Waals surface area contributed by atoms with Gasteiger partial charge < -0.3 is 4.74 Å². The number of carbonyl (C=O) groups is 1. The average Bonchev–Trinajstić information content (AvgIpc) is 3.33. The maximum atomic E-state index is 12.6. The summed E-state index contributed by atoms with van der Waals surface area (Å²) >= 11 is 1.48. The molecule has 1 fully saturated rings. The van der Waals surface area contributed by atoms with Crippen LogP contribution in [0.3, 0.4) is 0 Å². The Balaban J connectivity index is 1.61. The minimum absolute atomic E-state index is 0.172. The van der Waals surface area contributed by atoms with E-state index in [-0.39, 0.29) is 5.91 Å². The lowest BCUT2D eigenvalue weighted by molar-refractivity contribution is 0.102. The number of ether oxygens (including phenoxy) is 1. The van der Waals surface area contributed by atoms with E-state index in [4.69, 9.17) is 4.74 Å². The number of aromatic nitrogens is 2. The van der Waals surface area contributed by atoms with E-state index in [0.29, 0.717) is 22.3 Å². The number of nitrogens with one attached hydrogen (secondary N) is 1. The third-order valence-corrected chi connectivity index (χ3v) is 4.97. The maximum Gasteiger partial charge on any atom is 0.259 e. The van der Waals surface area contributed by atoms with Crippen LogP contribution in [0.4, 0.5) is 5.13 Å². The Hall–Kier alpha value is -2.47. The van der Waals surface area contributed by atoms with Crippen molar-refractivity contribution in [2.75, 3.05) is 12.4 Å². The molecule has 1 N–H and O–H groups in total. The molecule has 3 aromatic rings. The van der Waals surface area contributed by atoms with Gasteiger partial charge in [-0.05, 0) is 38.0 Å². The highest BCUT2D eigenvalue weighted by Crippen LogP contribution is 2.40. The smallest absolute Gasteiger partial charge is 0.259 e. The van der Waals surface area contributed by atoms with Crippen LogP contribution in [-0.4, -0.2) is 23.0 Å². The van der Waals surface area contributed by atoms with Crippen molar-refractivity contribution in [3.63, 3.8) is 0 Å². The molecule has 1 amide bonds. The number of thiazole rings is 1. The summed E-state index contributed by atoms with van der Waals surface area (Å²) in [5, 5.41) is 6.48. The Morgan fingerprint density at radius 3 is 2.88 bits per heavy atom. The van der Waals surface area contributed by atoms with Crippen molar-refractivity contribution in [3.8, 4) is 5.75 Å². The lowest BCUT2D eigenvalue weighted by atomic mass is 10.1. The summed E-state index contributed by atoms with van der Waals surface area (Å²) in [6.07, 6.45) is 2.41. The number of hydrogen-bond donors (Lipinski definition) is 1. The molecule has 1 saturated carbocycles. The van der Waals surface area contributed by atoms with Crippen LogP contribution < -0.4 is 10.1 Å². The normalized spacial score (nSPS) is 13.9. The summed E-state index contributed by atoms with van der Waals surface area (Å²) in [5.41, 5.74) is 3.16. The highest BCUT2D eigenvalue weighted by Gasteiger charge is 2.26. The zero-order chi connectivity index (χ0) is 16.7. The van der Waals surface area contributed by atoms with Crippen molar-refractivity contribution in [1.29, 1.82) is 0 Å². The van der Waals surface area contributed by atoms with E-state index < -0.39 is 0 Å². The maximum absolute atomic E-state index is 12.6. The van der Waals surface area contributed by atoms with Crippen molar-refractivity contribution in [2.45, 2.75) is 25.7 Å². The lowest BCUT2D eigenvalue weighted by Gasteiger charge is -2.08. The van der Waals surface area contributed by atoms with Crippen LogP contribution in [0.1, 0.15) is 40.5 Å². The van der Waals surface area contributed by atoms with E-state index in [9.17, 15) is 4.79 Å². The number of amides is 1. The van der Waals surface area contributed by atoms with Gasteiger partial charge in [0.1, 0.15) is 5.75 Å². The molecular weight excluding hydrogens is 322 g/mol. The van der Waals surface area contributed by atoms with Crippen molar-refractivity contribution in [2.24, 2.45) is 0 Å². The monoisotopic (exact) mass is 339 g/mol. The highest BCUT2D eigenvalue weighted by molar-refractivity contribution is 7.14. The molecule has 0 radical (unpaired) electrons. The number of aryl methyl sites for hydroxylation is 1. The molecule has 2 aromatic heterocycles. The first-order valence-corrected chi connectivity index (χ1v) is 8.74. The first-order chi connectivity index (χ1) is 11.6. The van der Waals surface area contributed by atoms with Crippen molar-refractivity contribution in [3.05, 3.63) is 46.6 Å². The molecule has 6 heteroatoms. The summed E-state index contributed by atoms with van der Waals surface area (Å²) in [4.78, 5) is 21.6. The third-order valence-electron chi connectivity index (χ3n) is 4.20. The molecule has 0 unspecified atom stereocenters. The van der Waals surface area contributed by atoms with E-state index in [1.165, 1.54) is 24.2 Å². The minimum atomic E-state index is -0.172. The molecule has 2 heterocycles. The minimum Gasteiger partial charge on any atom is -0.497 e. The summed E-state index contributed by atoms with van der Waals surface area (Å²) in [5.74, 6) is 1.17. The molecule has 0 saturated heterocycles. The zero-order valence-electron chi connectivity index (χ0n) is 13.5. The van der Waals surface area contributed by atoms with Crippen molar-refractivity contribution in [1.82, 2.24) is 9.97 Å². The van der Waals surface area contributed by atoms with Gasteiger partial charge in [-0.25, -0.2) is 4.98 Å². The number of pyridine rings is 1. The van der Waals surface area contributed by atoms with Crippen molar-refractivity contribution < 1.29 is 9.53 Å². The predicted molar refractivity (Wildman–Crippen MR) is 95.1 cm³/mol. The fraction of sp³-hybridized carbons (Fsp3) is 0.278. The molecule has 5 nitrogen and oxygen atoms in total. The predicted octanol–water partition coefficient (Wildman–Crippen LogP) is 4.14. The van der Waals surface area contributed by atoms with Gasteiger partial charge in [-0.2, -0.15) is 0 Å². The Bertz CT molecular complexity index is 931. The van der Waals surface area contributed by atoms with Gasteiger partial charge >= 0.3 is 0 Å². The molecule has 0 spiro atoms. The van der Waals surface area contributed by atoms with Gasteiger partial charge in [-0.1, -0.05) is 0 Å². The van der Waals surface area contributed by atoms with Crippen LogP contribution in [0.25, 0.3) is 10.9 Å². The summed E-state index contributed by atoms with van der Waals surface area (Å²) < 4.78 is 5.22. The number of methoxy groups -OCH3 is 1. The van der Waals surface area contributed by atoms with Crippen molar-refractivity contribution >= 4 is 33.3 Å². The van der Waals surface area contributed by atoms with E-state index in [0.717, 1.165) is 22.3 Å². The van der Waals surface area contributed by atoms with Crippen LogP contribution in [0.15, 0.2) is 29.6 Å². The van der Waals surface area contributed by atoms with Gasteiger partial charge in [0.15, 0.2) is 5.13 Å². The Morgan fingerprint density at radius 2 is 2.12 bits per heavy atom. The van der Waals surface area contributed by atoms with Crippen LogP contribution in [0.5, 0.6) is 5.75 Å². The van der Waals surface area contributed by atoms with Crippen LogP contribution in [-0.2, 0) is 0 Å². The van der Waals surface area contributed by atoms with Crippen LogP contribution in [0.2, 0.25) is 0 Å². The first kappa shape index (κ1) is 15.1. The molecular formula is C18H17N3O2S. The van der Waals surface area contributed by atoms with Crippen LogP contribution in [0, 0.1) is 6.92 Å². The van der Waals surface area contributed by atoms with Gasteiger partial charge in [0.2, 0.25) is 0 Å². The molecule has 24 heavy (non-hydrogen) atoms. The molecule has 0 aliphatic heterocycles. The topological polar surface area (TPSA) is 64.1 Å². The quantitative estimate of drug-likeness (QED) is 0.776. The van der Waals surface area contributed by atoms with Gasteiger partial charge in [0.25, 0.3) is 5.91 Å². The Morgan fingerprint density at radius 1 is 1.29 bits per heavy atom. The number of nitrogens with zero attached hydrogens (tertiary/aromatic N) is 2. The van der Waals surface area contributed by atoms with Gasteiger partial charge in [-0.15, -0.1) is 11.3 Å². The zero-order valence-corrected chi connectivity index (χ0v) is 14.3. The van der Waals surface area contributed by atoms with E-state index in [1.54, 1.807) is 7.11 Å². The second-order valence-electron chi connectivity index (χ2n) is 5.99. The molecule has 4 rings (SSSR count). The molecule has 0 atom stereocenters. The second kappa shape index (κ2) is 5.87. The lowest BCUT2D eigenvalue weighted by Crippen LogP contribution is -2.14. The number of carbonyl (C=O) groups excluding carboxylic acids is 1. The average molecular weight is 339 g/mol. The molecule has 122 valence electrons. The molecule has 0 bridgehead atoms. The van der Waals surface area contributed by atoms with Gasteiger partial charge in [0.05, 0.1) is 29.6 Å². The summed E-state index contributed by atoms with van der Waals surface area (Å²) in [6.45, 7) is 1.84. The fourth-order valence-corrected chi connectivity index (χ4v) is 3.46. The van der Waals surface area contributed by atoms with Crippen LogP contribution >= 0.6 is 11.3 Å². The van der Waals surface area contributed by atoms with Gasteiger partial charge in [0, 0.05) is 22.8 Å². The Kier molecular flexibility index (Phi) is 3.69. The Labute approximate surface area is 143 Å². The van der Waals surface area contributed by atoms with Gasteiger partial charge in [-0.3, -0.25) is 15.1 Å². The first-order valence-electron chi connectivity index (χ1n) is 7.86. The standard InChI is InChI=1S/C18H17N3O2S/c1-10-14(7-12-5-6-13(23-2)8-15(12)19-10)17(22)21-18-20-16(9-24-18)11-3-4-11/h5-9,11H,3-4H2,1-2H3,(H,20,21,22). The number of hydrogen-bond acceptors (Lipinski definition) is 5. The molecule has 1 aromatic carbocycles. The number of benzene rings is 1. The van der Waals surface area contributed by atoms with E-state index in [2.05, 4.69) is 15.3 Å². The molecule has 1 aliphatic rings. The number of rotatable bonds is 4. The largest absolute Gasteiger partial charge is 0.497 e. The SMILES string of the molecule is COc1ccc2cc(C(=O)Nc3nc(C4CC4)cs3)c(C)nc2c1.